The van der Waals surface area contributed by atoms with Crippen LogP contribution in [0.3, 0.4) is 0 Å². The van der Waals surface area contributed by atoms with Crippen LogP contribution in [-0.2, 0) is 11.3 Å². The number of aliphatic carboxylic acids is 1. The third-order valence-corrected chi connectivity index (χ3v) is 4.00. The highest BCUT2D eigenvalue weighted by Crippen LogP contribution is 2.36. The summed E-state index contributed by atoms with van der Waals surface area (Å²) in [6.45, 7) is 0.589. The van der Waals surface area contributed by atoms with E-state index in [1.807, 2.05) is 0 Å². The summed E-state index contributed by atoms with van der Waals surface area (Å²) in [5.41, 5.74) is 8.13. The van der Waals surface area contributed by atoms with E-state index in [9.17, 15) is 4.79 Å². The molecular weight excluding hydrogens is 226 g/mol. The molecule has 18 heavy (non-hydrogen) atoms. The van der Waals surface area contributed by atoms with Crippen LogP contribution in [0, 0.1) is 5.92 Å². The van der Waals surface area contributed by atoms with Crippen molar-refractivity contribution in [2.45, 2.75) is 44.6 Å². The Morgan fingerprint density at radius 3 is 2.28 bits per heavy atom. The van der Waals surface area contributed by atoms with Gasteiger partial charge >= 0.3 is 5.97 Å². The minimum Gasteiger partial charge on any atom is -0.481 e. The smallest absolute Gasteiger partial charge is 0.303 e. The molecule has 0 aliphatic heterocycles. The molecule has 0 unspecified atom stereocenters. The predicted octanol–water partition coefficient (Wildman–Crippen LogP) is 2.89. The maximum absolute atomic E-state index is 10.7. The van der Waals surface area contributed by atoms with Gasteiger partial charge in [0.1, 0.15) is 0 Å². The van der Waals surface area contributed by atoms with Crippen molar-refractivity contribution in [3.05, 3.63) is 35.4 Å². The van der Waals surface area contributed by atoms with E-state index < -0.39 is 5.97 Å². The fourth-order valence-electron chi connectivity index (χ4n) is 2.87. The van der Waals surface area contributed by atoms with Gasteiger partial charge in [0.25, 0.3) is 0 Å². The van der Waals surface area contributed by atoms with Crippen molar-refractivity contribution < 1.29 is 9.90 Å². The SMILES string of the molecule is NCc1ccc([C@H]2CC[C@H](CC(=O)O)CC2)cc1. The summed E-state index contributed by atoms with van der Waals surface area (Å²) < 4.78 is 0. The van der Waals surface area contributed by atoms with Gasteiger partial charge in [0, 0.05) is 13.0 Å². The second kappa shape index (κ2) is 6.01. The topological polar surface area (TPSA) is 63.3 Å². The van der Waals surface area contributed by atoms with E-state index in [0.29, 0.717) is 24.8 Å². The Hall–Kier alpha value is -1.35. The lowest BCUT2D eigenvalue weighted by Crippen LogP contribution is -2.16. The number of rotatable bonds is 4. The van der Waals surface area contributed by atoms with E-state index in [2.05, 4.69) is 24.3 Å². The van der Waals surface area contributed by atoms with Crippen molar-refractivity contribution in [1.82, 2.24) is 0 Å². The van der Waals surface area contributed by atoms with Gasteiger partial charge in [0.15, 0.2) is 0 Å². The Labute approximate surface area is 108 Å². The molecule has 0 bridgehead atoms. The van der Waals surface area contributed by atoms with Gasteiger partial charge in [-0.05, 0) is 48.6 Å². The first kappa shape index (κ1) is 13.1. The lowest BCUT2D eigenvalue weighted by atomic mass is 9.77. The zero-order valence-corrected chi connectivity index (χ0v) is 10.6. The molecule has 3 N–H and O–H groups in total. The van der Waals surface area contributed by atoms with E-state index in [1.165, 1.54) is 11.1 Å². The average molecular weight is 247 g/mol. The molecule has 3 heteroatoms. The number of hydrogen-bond donors (Lipinski definition) is 2. The van der Waals surface area contributed by atoms with E-state index in [1.54, 1.807) is 0 Å². The monoisotopic (exact) mass is 247 g/mol. The van der Waals surface area contributed by atoms with E-state index in [-0.39, 0.29) is 0 Å². The van der Waals surface area contributed by atoms with Crippen LogP contribution in [0.2, 0.25) is 0 Å². The van der Waals surface area contributed by atoms with Crippen LogP contribution >= 0.6 is 0 Å². The molecule has 1 fully saturated rings. The summed E-state index contributed by atoms with van der Waals surface area (Å²) in [5.74, 6) is 0.315. The van der Waals surface area contributed by atoms with Gasteiger partial charge in [0.2, 0.25) is 0 Å². The highest BCUT2D eigenvalue weighted by molar-refractivity contribution is 5.67. The highest BCUT2D eigenvalue weighted by atomic mass is 16.4. The van der Waals surface area contributed by atoms with Gasteiger partial charge in [-0.1, -0.05) is 24.3 Å². The Morgan fingerprint density at radius 2 is 1.78 bits per heavy atom. The molecule has 1 aromatic carbocycles. The quantitative estimate of drug-likeness (QED) is 0.860. The molecule has 1 saturated carbocycles. The first-order valence-electron chi connectivity index (χ1n) is 6.69. The summed E-state index contributed by atoms with van der Waals surface area (Å²) in [7, 11) is 0. The molecule has 1 aliphatic carbocycles. The van der Waals surface area contributed by atoms with Crippen molar-refractivity contribution in [2.24, 2.45) is 11.7 Å². The molecule has 98 valence electrons. The van der Waals surface area contributed by atoms with Gasteiger partial charge in [-0.25, -0.2) is 0 Å². The molecule has 0 radical (unpaired) electrons. The second-order valence-corrected chi connectivity index (χ2v) is 5.26. The Morgan fingerprint density at radius 1 is 1.17 bits per heavy atom. The van der Waals surface area contributed by atoms with Gasteiger partial charge in [-0.15, -0.1) is 0 Å². The summed E-state index contributed by atoms with van der Waals surface area (Å²) >= 11 is 0. The van der Waals surface area contributed by atoms with Crippen molar-refractivity contribution >= 4 is 5.97 Å². The van der Waals surface area contributed by atoms with Crippen molar-refractivity contribution in [2.75, 3.05) is 0 Å². The summed E-state index contributed by atoms with van der Waals surface area (Å²) in [4.78, 5) is 10.7. The van der Waals surface area contributed by atoms with Crippen LogP contribution in [0.15, 0.2) is 24.3 Å². The standard InChI is InChI=1S/C15H21NO2/c16-10-12-3-7-14(8-4-12)13-5-1-11(2-6-13)9-15(17)18/h3-4,7-8,11,13H,1-2,5-6,9-10,16H2,(H,17,18)/t11-,13-. The molecule has 1 aromatic rings. The van der Waals surface area contributed by atoms with Crippen LogP contribution in [0.4, 0.5) is 0 Å². The molecule has 2 rings (SSSR count). The molecule has 1 aliphatic rings. The van der Waals surface area contributed by atoms with Crippen molar-refractivity contribution in [3.8, 4) is 0 Å². The molecule has 0 saturated heterocycles. The van der Waals surface area contributed by atoms with Crippen LogP contribution < -0.4 is 5.73 Å². The first-order valence-corrected chi connectivity index (χ1v) is 6.69. The summed E-state index contributed by atoms with van der Waals surface area (Å²) in [6, 6.07) is 8.53. The lowest BCUT2D eigenvalue weighted by molar-refractivity contribution is -0.138. The molecule has 0 heterocycles. The lowest BCUT2D eigenvalue weighted by Gasteiger charge is -2.28. The first-order chi connectivity index (χ1) is 8.69. The Balaban J connectivity index is 1.90. The predicted molar refractivity (Wildman–Crippen MR) is 71.3 cm³/mol. The maximum atomic E-state index is 10.7. The number of nitrogens with two attached hydrogens (primary N) is 1. The normalized spacial score (nSPS) is 23.8. The number of carboxylic acid groups (broad SMARTS) is 1. The fourth-order valence-corrected chi connectivity index (χ4v) is 2.87. The highest BCUT2D eigenvalue weighted by Gasteiger charge is 2.23. The molecule has 0 amide bonds. The third-order valence-electron chi connectivity index (χ3n) is 4.00. The molecule has 0 spiro atoms. The van der Waals surface area contributed by atoms with E-state index in [4.69, 9.17) is 10.8 Å². The Kier molecular flexibility index (Phi) is 4.37. The fraction of sp³-hybridized carbons (Fsp3) is 0.533. The number of benzene rings is 1. The number of hydrogen-bond acceptors (Lipinski definition) is 2. The van der Waals surface area contributed by atoms with Crippen molar-refractivity contribution in [1.29, 1.82) is 0 Å². The molecule has 0 aromatic heterocycles. The number of carboxylic acids is 1. The van der Waals surface area contributed by atoms with Crippen molar-refractivity contribution in [3.63, 3.8) is 0 Å². The molecule has 3 nitrogen and oxygen atoms in total. The van der Waals surface area contributed by atoms with Gasteiger partial charge in [-0.3, -0.25) is 4.79 Å². The van der Waals surface area contributed by atoms with Gasteiger partial charge < -0.3 is 10.8 Å². The van der Waals surface area contributed by atoms with Gasteiger partial charge in [0.05, 0.1) is 0 Å². The van der Waals surface area contributed by atoms with Crippen LogP contribution in [0.1, 0.15) is 49.1 Å². The summed E-state index contributed by atoms with van der Waals surface area (Å²) in [5, 5.41) is 8.79. The zero-order valence-electron chi connectivity index (χ0n) is 10.6. The van der Waals surface area contributed by atoms with Crippen LogP contribution in [-0.4, -0.2) is 11.1 Å². The van der Waals surface area contributed by atoms with E-state index in [0.717, 1.165) is 25.7 Å². The number of carbonyl (C=O) groups is 1. The zero-order chi connectivity index (χ0) is 13.0. The van der Waals surface area contributed by atoms with Crippen LogP contribution in [0.5, 0.6) is 0 Å². The largest absolute Gasteiger partial charge is 0.481 e. The van der Waals surface area contributed by atoms with Crippen LogP contribution in [0.25, 0.3) is 0 Å². The third kappa shape index (κ3) is 3.33. The molecular formula is C15H21NO2. The van der Waals surface area contributed by atoms with Gasteiger partial charge in [-0.2, -0.15) is 0 Å². The minimum atomic E-state index is -0.661. The maximum Gasteiger partial charge on any atom is 0.303 e. The minimum absolute atomic E-state index is 0.332. The Bertz CT molecular complexity index is 391. The summed E-state index contributed by atoms with van der Waals surface area (Å²) in [6.07, 6.45) is 4.63. The second-order valence-electron chi connectivity index (χ2n) is 5.26. The average Bonchev–Trinajstić information content (AvgIpc) is 2.39. The molecule has 0 atom stereocenters. The van der Waals surface area contributed by atoms with E-state index >= 15 is 0 Å².